The van der Waals surface area contributed by atoms with Crippen LogP contribution < -0.4 is 0 Å². The van der Waals surface area contributed by atoms with Crippen molar-refractivity contribution in [1.29, 1.82) is 0 Å². The van der Waals surface area contributed by atoms with E-state index < -0.39 is 0 Å². The summed E-state index contributed by atoms with van der Waals surface area (Å²) in [5.41, 5.74) is 2.86. The van der Waals surface area contributed by atoms with Crippen molar-refractivity contribution in [2.75, 3.05) is 0 Å². The molecule has 0 spiro atoms. The van der Waals surface area contributed by atoms with E-state index >= 15 is 0 Å². The number of rotatable bonds is 3. The first-order valence-corrected chi connectivity index (χ1v) is 7.96. The maximum atomic E-state index is 9.88. The molecule has 0 radical (unpaired) electrons. The molecule has 0 bridgehead atoms. The molecule has 2 aromatic carbocycles. The van der Waals surface area contributed by atoms with Gasteiger partial charge in [0.15, 0.2) is 5.69 Å². The first-order chi connectivity index (χ1) is 11.0. The van der Waals surface area contributed by atoms with Gasteiger partial charge in [-0.2, -0.15) is 0 Å². The minimum atomic E-state index is -0.276. The van der Waals surface area contributed by atoms with Crippen LogP contribution in [-0.2, 0) is 0 Å². The molecule has 0 saturated heterocycles. The number of aromatic nitrogens is 1. The van der Waals surface area contributed by atoms with Crippen molar-refractivity contribution >= 4 is 39.4 Å². The lowest BCUT2D eigenvalue weighted by Gasteiger charge is -1.98. The van der Waals surface area contributed by atoms with Crippen molar-refractivity contribution in [3.05, 3.63) is 63.2 Å². The lowest BCUT2D eigenvalue weighted by atomic mass is 10.2. The summed E-state index contributed by atoms with van der Waals surface area (Å²) in [6.07, 6.45) is 1.47. The Morgan fingerprint density at radius 2 is 1.96 bits per heavy atom. The molecule has 0 unspecified atom stereocenters. The Bertz CT molecular complexity index is 873. The number of aromatic hydroxyl groups is 1. The highest BCUT2D eigenvalue weighted by Crippen LogP contribution is 2.29. The number of hydrogen-bond acceptors (Lipinski definition) is 4. The van der Waals surface area contributed by atoms with E-state index in [1.807, 2.05) is 25.1 Å². The fourth-order valence-corrected chi connectivity index (χ4v) is 2.69. The predicted octanol–water partition coefficient (Wildman–Crippen LogP) is 5.52. The second kappa shape index (κ2) is 6.56. The minimum absolute atomic E-state index is 0.266. The molecule has 0 amide bonds. The summed E-state index contributed by atoms with van der Waals surface area (Å²) in [4.78, 5) is 8.57. The molecular weight excluding hydrogens is 380 g/mol. The normalized spacial score (nSPS) is 11.3. The number of hydrogen-bond donors (Lipinski definition) is 1. The van der Waals surface area contributed by atoms with Crippen LogP contribution in [0.1, 0.15) is 11.3 Å². The van der Waals surface area contributed by atoms with Gasteiger partial charge in [0.25, 0.3) is 0 Å². The number of aliphatic imine (C=N–C) groups is 1. The third kappa shape index (κ3) is 3.63. The molecule has 0 saturated carbocycles. The summed E-state index contributed by atoms with van der Waals surface area (Å²) < 4.78 is 6.15. The van der Waals surface area contributed by atoms with Crippen LogP contribution in [0.25, 0.3) is 11.5 Å². The first-order valence-electron chi connectivity index (χ1n) is 6.79. The Balaban J connectivity index is 1.89. The SMILES string of the molecule is Cc1ccc(N=Cc2nc(-c3ccc(Cl)cc3)oc2O)c(Br)c1. The topological polar surface area (TPSA) is 58.6 Å². The van der Waals surface area contributed by atoms with E-state index in [0.29, 0.717) is 10.9 Å². The molecule has 0 aliphatic heterocycles. The largest absolute Gasteiger partial charge is 0.479 e. The second-order valence-corrected chi connectivity index (χ2v) is 6.22. The van der Waals surface area contributed by atoms with Gasteiger partial charge in [0.05, 0.1) is 11.9 Å². The Labute approximate surface area is 146 Å². The van der Waals surface area contributed by atoms with E-state index in [4.69, 9.17) is 16.0 Å². The van der Waals surface area contributed by atoms with Gasteiger partial charge in [-0.25, -0.2) is 4.98 Å². The zero-order chi connectivity index (χ0) is 16.4. The third-order valence-electron chi connectivity index (χ3n) is 3.15. The maximum absolute atomic E-state index is 9.88. The van der Waals surface area contributed by atoms with Crippen molar-refractivity contribution < 1.29 is 9.52 Å². The van der Waals surface area contributed by atoms with E-state index in [9.17, 15) is 5.11 Å². The quantitative estimate of drug-likeness (QED) is 0.598. The molecule has 0 aliphatic rings. The highest BCUT2D eigenvalue weighted by molar-refractivity contribution is 9.10. The Kier molecular flexibility index (Phi) is 4.50. The van der Waals surface area contributed by atoms with Gasteiger partial charge >= 0.3 is 5.95 Å². The molecule has 116 valence electrons. The molecule has 1 N–H and O–H groups in total. The molecular formula is C17H12BrClN2O2. The summed E-state index contributed by atoms with van der Waals surface area (Å²) in [7, 11) is 0. The van der Waals surface area contributed by atoms with E-state index in [-0.39, 0.29) is 11.6 Å². The summed E-state index contributed by atoms with van der Waals surface area (Å²) in [6.45, 7) is 2.00. The molecule has 23 heavy (non-hydrogen) atoms. The van der Waals surface area contributed by atoms with Crippen LogP contribution in [0.2, 0.25) is 5.02 Å². The zero-order valence-corrected chi connectivity index (χ0v) is 14.5. The Hall–Kier alpha value is -2.11. The van der Waals surface area contributed by atoms with Crippen LogP contribution >= 0.6 is 27.5 Å². The highest BCUT2D eigenvalue weighted by atomic mass is 79.9. The number of benzene rings is 2. The van der Waals surface area contributed by atoms with Gasteiger partial charge in [-0.05, 0) is 64.8 Å². The summed E-state index contributed by atoms with van der Waals surface area (Å²) >= 11 is 9.31. The lowest BCUT2D eigenvalue weighted by Crippen LogP contribution is -1.83. The van der Waals surface area contributed by atoms with Crippen LogP contribution in [0.5, 0.6) is 5.95 Å². The van der Waals surface area contributed by atoms with Crippen LogP contribution in [-0.4, -0.2) is 16.3 Å². The molecule has 1 heterocycles. The van der Waals surface area contributed by atoms with Gasteiger partial charge in [-0.1, -0.05) is 17.7 Å². The number of oxazole rings is 1. The summed E-state index contributed by atoms with van der Waals surface area (Å²) in [5, 5.41) is 10.5. The van der Waals surface area contributed by atoms with E-state index in [1.54, 1.807) is 24.3 Å². The van der Waals surface area contributed by atoms with E-state index in [0.717, 1.165) is 21.3 Å². The maximum Gasteiger partial charge on any atom is 0.312 e. The van der Waals surface area contributed by atoms with Crippen LogP contribution in [0.15, 0.2) is 56.3 Å². The fourth-order valence-electron chi connectivity index (χ4n) is 1.97. The highest BCUT2D eigenvalue weighted by Gasteiger charge is 2.12. The van der Waals surface area contributed by atoms with Gasteiger partial charge in [0.1, 0.15) is 0 Å². The summed E-state index contributed by atoms with van der Waals surface area (Å²) in [6, 6.07) is 12.8. The molecule has 1 aromatic heterocycles. The van der Waals surface area contributed by atoms with E-state index in [2.05, 4.69) is 25.9 Å². The predicted molar refractivity (Wildman–Crippen MR) is 94.7 cm³/mol. The first kappa shape index (κ1) is 15.8. The molecule has 3 aromatic rings. The molecule has 0 atom stereocenters. The number of aryl methyl sites for hydroxylation is 1. The van der Waals surface area contributed by atoms with Crippen molar-refractivity contribution in [3.8, 4) is 17.4 Å². The average molecular weight is 392 g/mol. The van der Waals surface area contributed by atoms with Crippen molar-refractivity contribution in [3.63, 3.8) is 0 Å². The van der Waals surface area contributed by atoms with Crippen molar-refractivity contribution in [2.24, 2.45) is 4.99 Å². The fraction of sp³-hybridized carbons (Fsp3) is 0.0588. The minimum Gasteiger partial charge on any atom is -0.479 e. The number of nitrogens with zero attached hydrogens (tertiary/aromatic N) is 2. The van der Waals surface area contributed by atoms with Gasteiger partial charge in [-0.15, -0.1) is 0 Å². The Morgan fingerprint density at radius 1 is 1.22 bits per heavy atom. The monoisotopic (exact) mass is 390 g/mol. The summed E-state index contributed by atoms with van der Waals surface area (Å²) in [5.74, 6) is 0.0329. The van der Waals surface area contributed by atoms with Gasteiger partial charge in [-0.3, -0.25) is 4.99 Å². The van der Waals surface area contributed by atoms with Crippen molar-refractivity contribution in [1.82, 2.24) is 4.98 Å². The molecule has 0 aliphatic carbocycles. The van der Waals surface area contributed by atoms with Gasteiger partial charge in [0, 0.05) is 15.1 Å². The molecule has 0 fully saturated rings. The third-order valence-corrected chi connectivity index (χ3v) is 4.04. The van der Waals surface area contributed by atoms with Crippen LogP contribution in [0.3, 0.4) is 0 Å². The molecule has 6 heteroatoms. The molecule has 4 nitrogen and oxygen atoms in total. The van der Waals surface area contributed by atoms with Crippen LogP contribution in [0.4, 0.5) is 5.69 Å². The van der Waals surface area contributed by atoms with Gasteiger partial charge < -0.3 is 9.52 Å². The Morgan fingerprint density at radius 3 is 2.65 bits per heavy atom. The lowest BCUT2D eigenvalue weighted by molar-refractivity contribution is 0.337. The van der Waals surface area contributed by atoms with E-state index in [1.165, 1.54) is 6.21 Å². The second-order valence-electron chi connectivity index (χ2n) is 4.93. The van der Waals surface area contributed by atoms with Gasteiger partial charge in [0.2, 0.25) is 5.89 Å². The van der Waals surface area contributed by atoms with Crippen molar-refractivity contribution in [2.45, 2.75) is 6.92 Å². The van der Waals surface area contributed by atoms with Crippen LogP contribution in [0, 0.1) is 6.92 Å². The number of halogens is 2. The zero-order valence-electron chi connectivity index (χ0n) is 12.1. The average Bonchev–Trinajstić information content (AvgIpc) is 2.88. The standard InChI is InChI=1S/C17H12BrClN2O2/c1-10-2-7-14(13(18)8-10)20-9-15-17(22)23-16(21-15)11-3-5-12(19)6-4-11/h2-9,22H,1H3. The molecule has 3 rings (SSSR count). The smallest absolute Gasteiger partial charge is 0.312 e.